The molecule has 1 aliphatic heterocycles. The first-order chi connectivity index (χ1) is 16.3. The number of non-ortho nitro benzene ring substituents is 1. The number of nitrogens with one attached hydrogen (secondary N) is 3. The third-order valence-electron chi connectivity index (χ3n) is 5.35. The maximum absolute atomic E-state index is 12.6. The molecule has 3 N–H and O–H groups in total. The Bertz CT molecular complexity index is 1070. The van der Waals surface area contributed by atoms with E-state index in [4.69, 9.17) is 4.74 Å². The van der Waals surface area contributed by atoms with Gasteiger partial charge in [-0.1, -0.05) is 42.5 Å². The van der Waals surface area contributed by atoms with Crippen LogP contribution >= 0.6 is 0 Å². The van der Waals surface area contributed by atoms with E-state index >= 15 is 0 Å². The monoisotopic (exact) mass is 468 g/mol. The van der Waals surface area contributed by atoms with Crippen LogP contribution in [0.1, 0.15) is 17.5 Å². The molecule has 0 radical (unpaired) electrons. The smallest absolute Gasteiger partial charge is 0.328 e. The Hall–Kier alpha value is -4.28. The number of nitro groups is 1. The van der Waals surface area contributed by atoms with Crippen molar-refractivity contribution >= 4 is 29.4 Å². The van der Waals surface area contributed by atoms with Gasteiger partial charge in [0.2, 0.25) is 17.7 Å². The van der Waals surface area contributed by atoms with Crippen molar-refractivity contribution in [1.29, 1.82) is 0 Å². The van der Waals surface area contributed by atoms with Crippen LogP contribution in [0.3, 0.4) is 0 Å². The summed E-state index contributed by atoms with van der Waals surface area (Å²) in [5.41, 5.74) is 1.34. The van der Waals surface area contributed by atoms with E-state index in [2.05, 4.69) is 16.0 Å². The molecule has 1 fully saturated rings. The SMILES string of the molecule is COC(=O)[C@H](Cc1ccc([N+](=O)[O-])cc1)NC(=O)C[C@@H]1NC(=O)[C@H](Cc2ccccc2)NC1=O. The van der Waals surface area contributed by atoms with Crippen molar-refractivity contribution in [3.63, 3.8) is 0 Å². The summed E-state index contributed by atoms with van der Waals surface area (Å²) < 4.78 is 4.74. The predicted octanol–water partition coefficient (Wildman–Crippen LogP) is 0.411. The van der Waals surface area contributed by atoms with Gasteiger partial charge in [0.25, 0.3) is 5.69 Å². The molecular formula is C23H24N4O7. The number of benzene rings is 2. The second-order valence-electron chi connectivity index (χ2n) is 7.79. The first kappa shape index (κ1) is 24.4. The average Bonchev–Trinajstić information content (AvgIpc) is 2.82. The molecule has 11 heteroatoms. The second kappa shape index (κ2) is 11.0. The van der Waals surface area contributed by atoms with Crippen molar-refractivity contribution in [3.8, 4) is 0 Å². The number of carbonyl (C=O) groups is 4. The summed E-state index contributed by atoms with van der Waals surface area (Å²) in [6.45, 7) is 0. The quantitative estimate of drug-likeness (QED) is 0.273. The van der Waals surface area contributed by atoms with Gasteiger partial charge in [0.1, 0.15) is 18.1 Å². The second-order valence-corrected chi connectivity index (χ2v) is 7.79. The molecule has 0 aromatic heterocycles. The molecule has 1 heterocycles. The molecule has 2 aromatic rings. The van der Waals surface area contributed by atoms with Gasteiger partial charge in [0.05, 0.1) is 18.5 Å². The molecule has 3 rings (SSSR count). The Morgan fingerprint density at radius 3 is 2.24 bits per heavy atom. The molecule has 0 aliphatic carbocycles. The lowest BCUT2D eigenvalue weighted by atomic mass is 10.0. The van der Waals surface area contributed by atoms with E-state index in [0.717, 1.165) is 5.56 Å². The van der Waals surface area contributed by atoms with Crippen LogP contribution < -0.4 is 16.0 Å². The van der Waals surface area contributed by atoms with Crippen molar-refractivity contribution < 1.29 is 28.8 Å². The average molecular weight is 468 g/mol. The van der Waals surface area contributed by atoms with Crippen LogP contribution in [0.5, 0.6) is 0 Å². The zero-order valence-corrected chi connectivity index (χ0v) is 18.4. The van der Waals surface area contributed by atoms with E-state index in [9.17, 15) is 29.3 Å². The minimum absolute atomic E-state index is 0.0266. The van der Waals surface area contributed by atoms with Crippen LogP contribution in [-0.4, -0.2) is 53.8 Å². The van der Waals surface area contributed by atoms with Gasteiger partial charge in [-0.25, -0.2) is 4.79 Å². The zero-order valence-electron chi connectivity index (χ0n) is 18.4. The van der Waals surface area contributed by atoms with Crippen LogP contribution in [0.4, 0.5) is 5.69 Å². The summed E-state index contributed by atoms with van der Waals surface area (Å²) in [6.07, 6.45) is -0.0286. The molecule has 0 saturated carbocycles. The van der Waals surface area contributed by atoms with Gasteiger partial charge in [-0.05, 0) is 11.1 Å². The molecule has 1 aliphatic rings. The van der Waals surface area contributed by atoms with Gasteiger partial charge in [-0.3, -0.25) is 24.5 Å². The van der Waals surface area contributed by atoms with Gasteiger partial charge in [0, 0.05) is 25.0 Å². The van der Waals surface area contributed by atoms with Crippen molar-refractivity contribution in [2.45, 2.75) is 37.4 Å². The summed E-state index contributed by atoms with van der Waals surface area (Å²) in [4.78, 5) is 59.9. The lowest BCUT2D eigenvalue weighted by molar-refractivity contribution is -0.384. The number of methoxy groups -OCH3 is 1. The Labute approximate surface area is 195 Å². The molecule has 3 amide bonds. The largest absolute Gasteiger partial charge is 0.467 e. The number of esters is 1. The maximum atomic E-state index is 12.6. The molecule has 0 unspecified atom stereocenters. The number of amides is 3. The summed E-state index contributed by atoms with van der Waals surface area (Å²) in [6, 6.07) is 11.8. The molecule has 2 aromatic carbocycles. The third-order valence-corrected chi connectivity index (χ3v) is 5.35. The Morgan fingerprint density at radius 1 is 1.00 bits per heavy atom. The molecule has 178 valence electrons. The first-order valence-corrected chi connectivity index (χ1v) is 10.5. The highest BCUT2D eigenvalue weighted by Crippen LogP contribution is 2.14. The number of hydrogen-bond donors (Lipinski definition) is 3. The van der Waals surface area contributed by atoms with Crippen molar-refractivity contribution in [2.24, 2.45) is 0 Å². The van der Waals surface area contributed by atoms with Crippen molar-refractivity contribution in [3.05, 3.63) is 75.8 Å². The topological polar surface area (TPSA) is 157 Å². The fourth-order valence-corrected chi connectivity index (χ4v) is 3.58. The standard InChI is InChI=1S/C23H24N4O7/c1-34-23(31)19(12-15-7-9-16(10-8-15)27(32)33)24-20(28)13-18-22(30)25-17(21(29)26-18)11-14-5-3-2-4-6-14/h2-10,17-19H,11-13H2,1H3,(H,24,28)(H,25,30)(H,26,29)/t17-,18-,19-/m0/s1. The molecule has 11 nitrogen and oxygen atoms in total. The molecule has 3 atom stereocenters. The van der Waals surface area contributed by atoms with Crippen LogP contribution in [0.25, 0.3) is 0 Å². The van der Waals surface area contributed by atoms with Crippen LogP contribution in [0.15, 0.2) is 54.6 Å². The van der Waals surface area contributed by atoms with E-state index in [-0.39, 0.29) is 18.5 Å². The molecule has 34 heavy (non-hydrogen) atoms. The van der Waals surface area contributed by atoms with Gasteiger partial charge >= 0.3 is 5.97 Å². The first-order valence-electron chi connectivity index (χ1n) is 10.5. The number of rotatable bonds is 9. The Kier molecular flexibility index (Phi) is 7.91. The van der Waals surface area contributed by atoms with Gasteiger partial charge in [-0.2, -0.15) is 0 Å². The number of piperazine rings is 1. The summed E-state index contributed by atoms with van der Waals surface area (Å²) in [7, 11) is 1.17. The lowest BCUT2D eigenvalue weighted by Gasteiger charge is -2.29. The fourth-order valence-electron chi connectivity index (χ4n) is 3.58. The maximum Gasteiger partial charge on any atom is 0.328 e. The highest BCUT2D eigenvalue weighted by molar-refractivity contribution is 5.99. The van der Waals surface area contributed by atoms with E-state index in [0.29, 0.717) is 12.0 Å². The molecule has 0 spiro atoms. The Balaban J connectivity index is 1.58. The van der Waals surface area contributed by atoms with Gasteiger partial charge in [0.15, 0.2) is 0 Å². The third kappa shape index (κ3) is 6.37. The van der Waals surface area contributed by atoms with Crippen molar-refractivity contribution in [1.82, 2.24) is 16.0 Å². The summed E-state index contributed by atoms with van der Waals surface area (Å²) in [5, 5.41) is 18.5. The number of carbonyl (C=O) groups excluding carboxylic acids is 4. The zero-order chi connectivity index (χ0) is 24.7. The van der Waals surface area contributed by atoms with E-state index in [1.54, 1.807) is 0 Å². The molecular weight excluding hydrogens is 444 g/mol. The van der Waals surface area contributed by atoms with Crippen LogP contribution in [0.2, 0.25) is 0 Å². The summed E-state index contributed by atoms with van der Waals surface area (Å²) in [5.74, 6) is -2.26. The van der Waals surface area contributed by atoms with Crippen molar-refractivity contribution in [2.75, 3.05) is 7.11 Å². The van der Waals surface area contributed by atoms with Crippen LogP contribution in [-0.2, 0) is 36.8 Å². The summed E-state index contributed by atoms with van der Waals surface area (Å²) >= 11 is 0. The number of hydrogen-bond acceptors (Lipinski definition) is 7. The van der Waals surface area contributed by atoms with E-state index in [1.165, 1.54) is 31.4 Å². The number of ether oxygens (including phenoxy) is 1. The predicted molar refractivity (Wildman–Crippen MR) is 119 cm³/mol. The minimum Gasteiger partial charge on any atom is -0.467 e. The highest BCUT2D eigenvalue weighted by atomic mass is 16.6. The normalized spacial score (nSPS) is 18.3. The van der Waals surface area contributed by atoms with Gasteiger partial charge < -0.3 is 20.7 Å². The van der Waals surface area contributed by atoms with Gasteiger partial charge in [-0.15, -0.1) is 0 Å². The van der Waals surface area contributed by atoms with E-state index in [1.807, 2.05) is 30.3 Å². The Morgan fingerprint density at radius 2 is 1.62 bits per heavy atom. The molecule has 1 saturated heterocycles. The van der Waals surface area contributed by atoms with E-state index < -0.39 is 46.7 Å². The highest BCUT2D eigenvalue weighted by Gasteiger charge is 2.35. The number of nitrogens with zero attached hydrogens (tertiary/aromatic N) is 1. The van der Waals surface area contributed by atoms with Crippen LogP contribution in [0, 0.1) is 10.1 Å². The minimum atomic E-state index is -1.09. The number of nitro benzene ring substituents is 1. The molecule has 0 bridgehead atoms. The fraction of sp³-hybridized carbons (Fsp3) is 0.304. The lowest BCUT2D eigenvalue weighted by Crippen LogP contribution is -2.63.